The molecule has 0 bridgehead atoms. The molecule has 2 saturated heterocycles. The van der Waals surface area contributed by atoms with E-state index in [4.69, 9.17) is 4.74 Å². The number of aromatic nitrogens is 2. The second-order valence-electron chi connectivity index (χ2n) is 8.13. The van der Waals surface area contributed by atoms with Crippen molar-refractivity contribution >= 4 is 11.8 Å². The van der Waals surface area contributed by atoms with E-state index in [1.807, 2.05) is 31.7 Å². The van der Waals surface area contributed by atoms with Crippen molar-refractivity contribution in [3.63, 3.8) is 0 Å². The lowest BCUT2D eigenvalue weighted by molar-refractivity contribution is -0.208. The third-order valence-electron chi connectivity index (χ3n) is 5.93. The molecule has 8 heteroatoms. The average Bonchev–Trinajstić information content (AvgIpc) is 2.90. The number of hydrogen-bond donors (Lipinski definition) is 2. The summed E-state index contributed by atoms with van der Waals surface area (Å²) < 4.78 is 7.73. The Kier molecular flexibility index (Phi) is 5.31. The molecule has 2 aliphatic heterocycles. The zero-order valence-corrected chi connectivity index (χ0v) is 16.6. The van der Waals surface area contributed by atoms with E-state index in [0.29, 0.717) is 39.0 Å². The van der Waals surface area contributed by atoms with E-state index in [0.717, 1.165) is 11.4 Å². The summed E-state index contributed by atoms with van der Waals surface area (Å²) in [4.78, 5) is 26.0. The van der Waals surface area contributed by atoms with Gasteiger partial charge in [0, 0.05) is 32.3 Å². The third kappa shape index (κ3) is 3.87. The summed E-state index contributed by atoms with van der Waals surface area (Å²) in [6, 6.07) is 1.95. The Morgan fingerprint density at radius 3 is 2.56 bits per heavy atom. The fourth-order valence-corrected chi connectivity index (χ4v) is 4.41. The first kappa shape index (κ1) is 19.8. The van der Waals surface area contributed by atoms with Crippen LogP contribution in [-0.2, 0) is 20.9 Å². The van der Waals surface area contributed by atoms with Gasteiger partial charge < -0.3 is 20.1 Å². The van der Waals surface area contributed by atoms with Crippen LogP contribution >= 0.6 is 0 Å². The van der Waals surface area contributed by atoms with Gasteiger partial charge in [0.05, 0.1) is 16.8 Å². The largest absolute Gasteiger partial charge is 0.388 e. The minimum Gasteiger partial charge on any atom is -0.388 e. The molecule has 0 radical (unpaired) electrons. The lowest BCUT2D eigenvalue weighted by Gasteiger charge is -2.53. The average molecular weight is 378 g/mol. The number of amides is 2. The first-order chi connectivity index (χ1) is 12.7. The maximum atomic E-state index is 12.7. The lowest BCUT2D eigenvalue weighted by Crippen LogP contribution is -2.69. The number of nitrogens with one attached hydrogen (secondary N) is 1. The maximum Gasteiger partial charge on any atom is 0.244 e. The predicted octanol–water partition coefficient (Wildman–Crippen LogP) is 0.537. The number of aryl methyl sites for hydroxylation is 2. The maximum absolute atomic E-state index is 12.7. The van der Waals surface area contributed by atoms with Gasteiger partial charge in [0.1, 0.15) is 12.6 Å². The highest BCUT2D eigenvalue weighted by molar-refractivity contribution is 5.76. The summed E-state index contributed by atoms with van der Waals surface area (Å²) in [5.41, 5.74) is 0.435. The van der Waals surface area contributed by atoms with Crippen molar-refractivity contribution in [1.82, 2.24) is 20.0 Å². The number of aliphatic hydroxyl groups excluding tert-OH is 1. The molecule has 150 valence electrons. The van der Waals surface area contributed by atoms with Crippen molar-refractivity contribution in [2.75, 3.05) is 19.7 Å². The molecule has 0 aromatic carbocycles. The van der Waals surface area contributed by atoms with E-state index < -0.39 is 17.2 Å². The van der Waals surface area contributed by atoms with Crippen LogP contribution in [0.2, 0.25) is 0 Å². The standard InChI is InChI=1S/C19H30N4O4/c1-13-11-14(2)23(21-13)12-16(25)22-8-5-19(6-9-22)17(26)18(4,7-10-27-19)20-15(3)24/h11,17,26H,5-10,12H2,1-4H3,(H,20,24)/t17-,18+/m1/s1. The van der Waals surface area contributed by atoms with Crippen molar-refractivity contribution in [1.29, 1.82) is 0 Å². The number of piperidine rings is 1. The summed E-state index contributed by atoms with van der Waals surface area (Å²) in [5.74, 6) is -0.142. The monoisotopic (exact) mass is 378 g/mol. The molecule has 8 nitrogen and oxygen atoms in total. The summed E-state index contributed by atoms with van der Waals surface area (Å²) in [7, 11) is 0. The molecular formula is C19H30N4O4. The third-order valence-corrected chi connectivity index (χ3v) is 5.93. The van der Waals surface area contributed by atoms with Crippen LogP contribution < -0.4 is 5.32 Å². The van der Waals surface area contributed by atoms with Crippen molar-refractivity contribution in [2.45, 2.75) is 70.7 Å². The molecule has 1 aromatic heterocycles. The van der Waals surface area contributed by atoms with Crippen molar-refractivity contribution < 1.29 is 19.4 Å². The van der Waals surface area contributed by atoms with Crippen molar-refractivity contribution in [3.05, 3.63) is 17.5 Å². The van der Waals surface area contributed by atoms with Crippen LogP contribution in [-0.4, -0.2) is 68.5 Å². The van der Waals surface area contributed by atoms with Gasteiger partial charge in [0.25, 0.3) is 0 Å². The topological polar surface area (TPSA) is 96.7 Å². The number of nitrogens with zero attached hydrogens (tertiary/aromatic N) is 3. The fourth-order valence-electron chi connectivity index (χ4n) is 4.41. The van der Waals surface area contributed by atoms with Crippen LogP contribution in [0.1, 0.15) is 44.5 Å². The highest BCUT2D eigenvalue weighted by atomic mass is 16.5. The predicted molar refractivity (Wildman–Crippen MR) is 99.0 cm³/mol. The number of carbonyl (C=O) groups is 2. The van der Waals surface area contributed by atoms with Crippen LogP contribution in [0.15, 0.2) is 6.07 Å². The zero-order chi connectivity index (χ0) is 19.8. The SMILES string of the molecule is CC(=O)N[C@@]1(C)CCOC2(CCN(C(=O)Cn3nc(C)cc3C)CC2)[C@@H]1O. The van der Waals surface area contributed by atoms with Crippen molar-refractivity contribution in [3.8, 4) is 0 Å². The summed E-state index contributed by atoms with van der Waals surface area (Å²) >= 11 is 0. The molecule has 2 N–H and O–H groups in total. The summed E-state index contributed by atoms with van der Waals surface area (Å²) in [6.45, 7) is 8.91. The lowest BCUT2D eigenvalue weighted by atomic mass is 9.73. The summed E-state index contributed by atoms with van der Waals surface area (Å²) in [6.07, 6.45) is 0.852. The highest BCUT2D eigenvalue weighted by Gasteiger charge is 2.53. The Bertz CT molecular complexity index is 723. The molecule has 2 amide bonds. The normalized spacial score (nSPS) is 27.6. The van der Waals surface area contributed by atoms with Gasteiger partial charge in [-0.2, -0.15) is 5.10 Å². The number of rotatable bonds is 3. The molecule has 0 saturated carbocycles. The van der Waals surface area contributed by atoms with E-state index in [1.54, 1.807) is 4.68 Å². The van der Waals surface area contributed by atoms with Crippen LogP contribution in [0.5, 0.6) is 0 Å². The molecule has 3 heterocycles. The Morgan fingerprint density at radius 1 is 1.33 bits per heavy atom. The Morgan fingerprint density at radius 2 is 2.00 bits per heavy atom. The van der Waals surface area contributed by atoms with Gasteiger partial charge in [0.2, 0.25) is 11.8 Å². The molecule has 1 spiro atoms. The van der Waals surface area contributed by atoms with Gasteiger partial charge in [-0.1, -0.05) is 0 Å². The first-order valence-electron chi connectivity index (χ1n) is 9.55. The highest BCUT2D eigenvalue weighted by Crippen LogP contribution is 2.40. The van der Waals surface area contributed by atoms with Crippen molar-refractivity contribution in [2.24, 2.45) is 0 Å². The van der Waals surface area contributed by atoms with E-state index >= 15 is 0 Å². The van der Waals surface area contributed by atoms with Gasteiger partial charge in [-0.3, -0.25) is 14.3 Å². The van der Waals surface area contributed by atoms with Gasteiger partial charge >= 0.3 is 0 Å². The molecule has 1 aromatic rings. The van der Waals surface area contributed by atoms with Gasteiger partial charge in [-0.15, -0.1) is 0 Å². The van der Waals surface area contributed by atoms with Gasteiger partial charge in [-0.25, -0.2) is 0 Å². The number of ether oxygens (including phenoxy) is 1. The number of aliphatic hydroxyl groups is 1. The molecule has 3 rings (SSSR count). The number of likely N-dealkylation sites (tertiary alicyclic amines) is 1. The minimum atomic E-state index is -0.809. The van der Waals surface area contributed by atoms with E-state index in [1.165, 1.54) is 6.92 Å². The Balaban J connectivity index is 1.64. The molecule has 0 aliphatic carbocycles. The molecule has 2 atom stereocenters. The number of hydrogen-bond acceptors (Lipinski definition) is 5. The van der Waals surface area contributed by atoms with Crippen LogP contribution in [0.3, 0.4) is 0 Å². The van der Waals surface area contributed by atoms with E-state index in [2.05, 4.69) is 10.4 Å². The van der Waals surface area contributed by atoms with E-state index in [-0.39, 0.29) is 18.4 Å². The minimum absolute atomic E-state index is 0.0194. The molecule has 0 unspecified atom stereocenters. The fraction of sp³-hybridized carbons (Fsp3) is 0.737. The second kappa shape index (κ2) is 7.24. The quantitative estimate of drug-likeness (QED) is 0.800. The zero-order valence-electron chi connectivity index (χ0n) is 16.6. The Hall–Kier alpha value is -1.93. The smallest absolute Gasteiger partial charge is 0.244 e. The van der Waals surface area contributed by atoms with Gasteiger partial charge in [-0.05, 0) is 46.1 Å². The Labute approximate surface area is 159 Å². The molecule has 27 heavy (non-hydrogen) atoms. The van der Waals surface area contributed by atoms with E-state index in [9.17, 15) is 14.7 Å². The molecular weight excluding hydrogens is 348 g/mol. The number of carbonyl (C=O) groups excluding carboxylic acids is 2. The second-order valence-corrected chi connectivity index (χ2v) is 8.13. The van der Waals surface area contributed by atoms with Crippen LogP contribution in [0.25, 0.3) is 0 Å². The molecule has 2 aliphatic rings. The first-order valence-corrected chi connectivity index (χ1v) is 9.55. The van der Waals surface area contributed by atoms with Crippen LogP contribution in [0, 0.1) is 13.8 Å². The summed E-state index contributed by atoms with van der Waals surface area (Å²) in [5, 5.41) is 18.2. The van der Waals surface area contributed by atoms with Crippen LogP contribution in [0.4, 0.5) is 0 Å². The van der Waals surface area contributed by atoms with Gasteiger partial charge in [0.15, 0.2) is 0 Å². The molecule has 2 fully saturated rings.